The molecular formula is C22H19FN2O3. The van der Waals surface area contributed by atoms with E-state index in [1.54, 1.807) is 30.3 Å². The average Bonchev–Trinajstić information content (AvgIpc) is 2.68. The molecule has 0 heterocycles. The van der Waals surface area contributed by atoms with E-state index in [9.17, 15) is 14.0 Å². The molecule has 0 spiro atoms. The lowest BCUT2D eigenvalue weighted by molar-refractivity contribution is -0.115. The Balaban J connectivity index is 1.63. The van der Waals surface area contributed by atoms with Gasteiger partial charge in [-0.1, -0.05) is 36.4 Å². The molecule has 0 unspecified atom stereocenters. The number of benzene rings is 3. The van der Waals surface area contributed by atoms with E-state index in [4.69, 9.17) is 4.74 Å². The molecule has 2 N–H and O–H groups in total. The van der Waals surface area contributed by atoms with Crippen LogP contribution in [-0.2, 0) is 4.79 Å². The second-order valence-corrected chi connectivity index (χ2v) is 6.13. The van der Waals surface area contributed by atoms with Crippen molar-refractivity contribution in [3.05, 3.63) is 89.7 Å². The summed E-state index contributed by atoms with van der Waals surface area (Å²) in [5, 5.41) is 5.10. The predicted molar refractivity (Wildman–Crippen MR) is 105 cm³/mol. The van der Waals surface area contributed by atoms with Gasteiger partial charge in [0.1, 0.15) is 11.6 Å². The van der Waals surface area contributed by atoms with E-state index >= 15 is 0 Å². The second kappa shape index (κ2) is 8.81. The Kier molecular flexibility index (Phi) is 6.01. The van der Waals surface area contributed by atoms with E-state index in [0.29, 0.717) is 17.2 Å². The average molecular weight is 378 g/mol. The van der Waals surface area contributed by atoms with Crippen LogP contribution in [0.1, 0.15) is 15.9 Å². The minimum absolute atomic E-state index is 0.113. The quantitative estimate of drug-likeness (QED) is 0.672. The van der Waals surface area contributed by atoms with Gasteiger partial charge < -0.3 is 15.4 Å². The summed E-state index contributed by atoms with van der Waals surface area (Å²) in [6.07, 6.45) is 0. The third kappa shape index (κ3) is 4.94. The van der Waals surface area contributed by atoms with E-state index < -0.39 is 17.6 Å². The largest absolute Gasteiger partial charge is 0.455 e. The van der Waals surface area contributed by atoms with Gasteiger partial charge in [0.05, 0.1) is 17.8 Å². The molecule has 28 heavy (non-hydrogen) atoms. The SMILES string of the molecule is Cc1cccc(Oc2ccccc2NC(=O)CNC(=O)c2ccccc2F)c1. The lowest BCUT2D eigenvalue weighted by Crippen LogP contribution is -2.33. The number of nitrogens with one attached hydrogen (secondary N) is 2. The molecule has 3 rings (SSSR count). The Labute approximate surface area is 162 Å². The lowest BCUT2D eigenvalue weighted by atomic mass is 10.2. The fraction of sp³-hybridized carbons (Fsp3) is 0.0909. The van der Waals surface area contributed by atoms with Crippen molar-refractivity contribution >= 4 is 17.5 Å². The van der Waals surface area contributed by atoms with Crippen molar-refractivity contribution in [1.29, 1.82) is 0 Å². The molecule has 0 aromatic heterocycles. The van der Waals surface area contributed by atoms with Gasteiger partial charge in [0.15, 0.2) is 5.75 Å². The molecular weight excluding hydrogens is 359 g/mol. The fourth-order valence-corrected chi connectivity index (χ4v) is 2.56. The molecule has 0 saturated carbocycles. The summed E-state index contributed by atoms with van der Waals surface area (Å²) in [4.78, 5) is 24.2. The van der Waals surface area contributed by atoms with Crippen LogP contribution in [0.25, 0.3) is 0 Å². The first-order valence-corrected chi connectivity index (χ1v) is 8.69. The van der Waals surface area contributed by atoms with Crippen LogP contribution in [0.3, 0.4) is 0 Å². The van der Waals surface area contributed by atoms with Gasteiger partial charge in [-0.2, -0.15) is 0 Å². The number of rotatable bonds is 6. The standard InChI is InChI=1S/C22H19FN2O3/c1-15-7-6-8-16(13-15)28-20-12-5-4-11-19(20)25-21(26)14-24-22(27)17-9-2-3-10-18(17)23/h2-13H,14H2,1H3,(H,24,27)(H,25,26). The number of para-hydroxylation sites is 2. The molecule has 0 radical (unpaired) electrons. The minimum Gasteiger partial charge on any atom is -0.455 e. The van der Waals surface area contributed by atoms with Crippen LogP contribution >= 0.6 is 0 Å². The highest BCUT2D eigenvalue weighted by Crippen LogP contribution is 2.29. The Morgan fingerprint density at radius 1 is 0.964 bits per heavy atom. The third-order valence-corrected chi connectivity index (χ3v) is 3.91. The highest BCUT2D eigenvalue weighted by Gasteiger charge is 2.13. The van der Waals surface area contributed by atoms with Gasteiger partial charge in [-0.05, 0) is 48.9 Å². The van der Waals surface area contributed by atoms with Gasteiger partial charge in [0.2, 0.25) is 5.91 Å². The predicted octanol–water partition coefficient (Wildman–Crippen LogP) is 4.29. The minimum atomic E-state index is -0.655. The Morgan fingerprint density at radius 3 is 2.50 bits per heavy atom. The molecule has 2 amide bonds. The van der Waals surface area contributed by atoms with Gasteiger partial charge in [0.25, 0.3) is 5.91 Å². The first kappa shape index (κ1) is 19.1. The van der Waals surface area contributed by atoms with Gasteiger partial charge in [0, 0.05) is 0 Å². The molecule has 142 valence electrons. The molecule has 6 heteroatoms. The summed E-state index contributed by atoms with van der Waals surface area (Å²) >= 11 is 0. The number of aryl methyl sites for hydroxylation is 1. The Hall–Kier alpha value is -3.67. The van der Waals surface area contributed by atoms with Crippen LogP contribution in [0.2, 0.25) is 0 Å². The Bertz CT molecular complexity index is 1000. The normalized spacial score (nSPS) is 10.2. The van der Waals surface area contributed by atoms with Crippen LogP contribution in [0, 0.1) is 12.7 Å². The van der Waals surface area contributed by atoms with Gasteiger partial charge >= 0.3 is 0 Å². The van der Waals surface area contributed by atoms with Gasteiger partial charge in [-0.3, -0.25) is 9.59 Å². The zero-order chi connectivity index (χ0) is 19.9. The molecule has 5 nitrogen and oxygen atoms in total. The maximum atomic E-state index is 13.6. The van der Waals surface area contributed by atoms with Crippen molar-refractivity contribution in [2.24, 2.45) is 0 Å². The third-order valence-electron chi connectivity index (χ3n) is 3.91. The number of hydrogen-bond donors (Lipinski definition) is 2. The number of halogens is 1. The van der Waals surface area contributed by atoms with E-state index in [-0.39, 0.29) is 12.1 Å². The molecule has 0 atom stereocenters. The molecule has 0 bridgehead atoms. The number of hydrogen-bond acceptors (Lipinski definition) is 3. The summed E-state index contributed by atoms with van der Waals surface area (Å²) in [6.45, 7) is 1.66. The number of ether oxygens (including phenoxy) is 1. The number of carbonyl (C=O) groups is 2. The lowest BCUT2D eigenvalue weighted by Gasteiger charge is -2.13. The smallest absolute Gasteiger partial charge is 0.254 e. The summed E-state index contributed by atoms with van der Waals surface area (Å²) in [5.74, 6) is -0.628. The highest BCUT2D eigenvalue weighted by atomic mass is 19.1. The second-order valence-electron chi connectivity index (χ2n) is 6.13. The first-order chi connectivity index (χ1) is 13.5. The zero-order valence-electron chi connectivity index (χ0n) is 15.2. The van der Waals surface area contributed by atoms with E-state index in [1.165, 1.54) is 18.2 Å². The zero-order valence-corrected chi connectivity index (χ0v) is 15.2. The molecule has 0 fully saturated rings. The summed E-state index contributed by atoms with van der Waals surface area (Å²) in [6, 6.07) is 20.1. The maximum Gasteiger partial charge on any atom is 0.254 e. The van der Waals surface area contributed by atoms with Crippen LogP contribution in [0.5, 0.6) is 11.5 Å². The molecule has 3 aromatic rings. The number of amides is 2. The van der Waals surface area contributed by atoms with Gasteiger partial charge in [-0.25, -0.2) is 4.39 Å². The van der Waals surface area contributed by atoms with E-state index in [2.05, 4.69) is 10.6 Å². The van der Waals surface area contributed by atoms with Gasteiger partial charge in [-0.15, -0.1) is 0 Å². The molecule has 0 aliphatic carbocycles. The summed E-state index contributed by atoms with van der Waals surface area (Å²) < 4.78 is 19.5. The van der Waals surface area contributed by atoms with Crippen LogP contribution in [0.15, 0.2) is 72.8 Å². The number of carbonyl (C=O) groups excluding carboxylic acids is 2. The monoisotopic (exact) mass is 378 g/mol. The Morgan fingerprint density at radius 2 is 1.71 bits per heavy atom. The highest BCUT2D eigenvalue weighted by molar-refractivity contribution is 5.99. The van der Waals surface area contributed by atoms with Crippen molar-refractivity contribution in [3.63, 3.8) is 0 Å². The van der Waals surface area contributed by atoms with Crippen molar-refractivity contribution in [1.82, 2.24) is 5.32 Å². The summed E-state index contributed by atoms with van der Waals surface area (Å²) in [5.41, 5.74) is 1.41. The molecule has 0 aliphatic heterocycles. The van der Waals surface area contributed by atoms with Crippen molar-refractivity contribution in [2.75, 3.05) is 11.9 Å². The molecule has 0 saturated heterocycles. The van der Waals surface area contributed by atoms with Crippen molar-refractivity contribution < 1.29 is 18.7 Å². The van der Waals surface area contributed by atoms with Crippen molar-refractivity contribution in [2.45, 2.75) is 6.92 Å². The summed E-state index contributed by atoms with van der Waals surface area (Å²) in [7, 11) is 0. The number of anilines is 1. The van der Waals surface area contributed by atoms with E-state index in [0.717, 1.165) is 5.56 Å². The van der Waals surface area contributed by atoms with Crippen LogP contribution < -0.4 is 15.4 Å². The first-order valence-electron chi connectivity index (χ1n) is 8.69. The van der Waals surface area contributed by atoms with Crippen molar-refractivity contribution in [3.8, 4) is 11.5 Å². The molecule has 0 aliphatic rings. The molecule has 3 aromatic carbocycles. The van der Waals surface area contributed by atoms with Crippen LogP contribution in [0.4, 0.5) is 10.1 Å². The van der Waals surface area contributed by atoms with E-state index in [1.807, 2.05) is 31.2 Å². The van der Waals surface area contributed by atoms with Crippen LogP contribution in [-0.4, -0.2) is 18.4 Å². The topological polar surface area (TPSA) is 67.4 Å². The fourth-order valence-electron chi connectivity index (χ4n) is 2.56. The maximum absolute atomic E-state index is 13.6.